The number of rotatable bonds is 3. The Kier molecular flexibility index (Phi) is 4.13. The van der Waals surface area contributed by atoms with Crippen LogP contribution in [-0.4, -0.2) is 0 Å². The fourth-order valence-corrected chi connectivity index (χ4v) is 2.26. The molecule has 0 spiro atoms. The van der Waals surface area contributed by atoms with E-state index in [9.17, 15) is 0 Å². The summed E-state index contributed by atoms with van der Waals surface area (Å²) in [4.78, 5) is 0. The van der Waals surface area contributed by atoms with Crippen molar-refractivity contribution >= 4 is 10.9 Å². The Morgan fingerprint density at radius 3 is 2.40 bits per heavy atom. The quantitative estimate of drug-likeness (QED) is 0.630. The van der Waals surface area contributed by atoms with Crippen LogP contribution in [0.5, 0.6) is 0 Å². The molecular formula is C17H16N3+. The fourth-order valence-electron chi connectivity index (χ4n) is 2.26. The van der Waals surface area contributed by atoms with Crippen molar-refractivity contribution in [2.45, 2.75) is 20.4 Å². The van der Waals surface area contributed by atoms with Crippen molar-refractivity contribution < 1.29 is 4.57 Å². The third-order valence-electron chi connectivity index (χ3n) is 3.37. The summed E-state index contributed by atoms with van der Waals surface area (Å²) in [5.41, 5.74) is 2.19. The number of benzene rings is 1. The molecule has 0 aliphatic rings. The van der Waals surface area contributed by atoms with E-state index in [0.717, 1.165) is 16.5 Å². The largest absolute Gasteiger partial charge is 0.212 e. The topological polar surface area (TPSA) is 51.5 Å². The Morgan fingerprint density at radius 2 is 1.75 bits per heavy atom. The van der Waals surface area contributed by atoms with Crippen molar-refractivity contribution in [2.24, 2.45) is 5.92 Å². The molecule has 3 nitrogen and oxygen atoms in total. The van der Waals surface area contributed by atoms with Gasteiger partial charge in [0.15, 0.2) is 12.7 Å². The van der Waals surface area contributed by atoms with Crippen molar-refractivity contribution in [3.63, 3.8) is 0 Å². The van der Waals surface area contributed by atoms with Gasteiger partial charge >= 0.3 is 0 Å². The zero-order valence-electron chi connectivity index (χ0n) is 11.7. The average Bonchev–Trinajstić information content (AvgIpc) is 2.47. The smallest absolute Gasteiger partial charge is 0.194 e. The summed E-state index contributed by atoms with van der Waals surface area (Å²) in [6.45, 7) is 4.58. The lowest BCUT2D eigenvalue weighted by Crippen LogP contribution is -2.36. The molecule has 2 aromatic rings. The second-order valence-corrected chi connectivity index (χ2v) is 4.97. The molecule has 0 aliphatic heterocycles. The summed E-state index contributed by atoms with van der Waals surface area (Å²) in [6, 6.07) is 16.2. The lowest BCUT2D eigenvalue weighted by atomic mass is 9.98. The van der Waals surface area contributed by atoms with Crippen LogP contribution < -0.4 is 4.57 Å². The molecule has 0 unspecified atom stereocenters. The van der Waals surface area contributed by atoms with Crippen LogP contribution in [-0.2, 0) is 6.54 Å². The van der Waals surface area contributed by atoms with Gasteiger partial charge in [-0.05, 0) is 18.1 Å². The van der Waals surface area contributed by atoms with Crippen LogP contribution in [0.15, 0.2) is 53.7 Å². The molecule has 1 aromatic heterocycles. The second kappa shape index (κ2) is 5.99. The molecule has 0 saturated heterocycles. The maximum Gasteiger partial charge on any atom is 0.212 e. The zero-order chi connectivity index (χ0) is 14.5. The number of hydrogen-bond acceptors (Lipinski definition) is 2. The molecule has 3 heteroatoms. The van der Waals surface area contributed by atoms with E-state index in [4.69, 9.17) is 10.5 Å². The number of fused-ring (bicyclic) bond motifs is 1. The minimum atomic E-state index is 0.163. The van der Waals surface area contributed by atoms with Gasteiger partial charge in [-0.3, -0.25) is 0 Å². The predicted octanol–water partition coefficient (Wildman–Crippen LogP) is 3.13. The minimum absolute atomic E-state index is 0.163. The molecular weight excluding hydrogens is 246 g/mol. The first-order chi connectivity index (χ1) is 9.67. The van der Waals surface area contributed by atoms with Crippen molar-refractivity contribution in [2.75, 3.05) is 0 Å². The highest BCUT2D eigenvalue weighted by Gasteiger charge is 2.17. The van der Waals surface area contributed by atoms with Crippen LogP contribution in [0.2, 0.25) is 0 Å². The van der Waals surface area contributed by atoms with Crippen LogP contribution in [0.4, 0.5) is 0 Å². The van der Waals surface area contributed by atoms with E-state index in [2.05, 4.69) is 16.7 Å². The van der Waals surface area contributed by atoms with Crippen LogP contribution >= 0.6 is 0 Å². The van der Waals surface area contributed by atoms with Gasteiger partial charge in [0.05, 0.1) is 0 Å². The lowest BCUT2D eigenvalue weighted by molar-refractivity contribution is -0.663. The number of aromatic nitrogens is 1. The molecule has 0 bridgehead atoms. The molecule has 2 rings (SSSR count). The third kappa shape index (κ3) is 2.68. The molecule has 0 amide bonds. The maximum atomic E-state index is 9.10. The van der Waals surface area contributed by atoms with E-state index in [1.165, 1.54) is 0 Å². The Morgan fingerprint density at radius 1 is 1.10 bits per heavy atom. The lowest BCUT2D eigenvalue weighted by Gasteiger charge is -2.09. The van der Waals surface area contributed by atoms with E-state index in [-0.39, 0.29) is 11.5 Å². The number of nitriles is 2. The number of nitrogens with zero attached hydrogens (tertiary/aromatic N) is 3. The molecule has 0 aliphatic carbocycles. The Balaban J connectivity index is 2.54. The summed E-state index contributed by atoms with van der Waals surface area (Å²) in [5.74, 6) is 0.163. The summed E-state index contributed by atoms with van der Waals surface area (Å²) >= 11 is 0. The third-order valence-corrected chi connectivity index (χ3v) is 3.37. The Bertz CT molecular complexity index is 721. The first kappa shape index (κ1) is 13.8. The van der Waals surface area contributed by atoms with Crippen molar-refractivity contribution in [1.82, 2.24) is 0 Å². The van der Waals surface area contributed by atoms with Gasteiger partial charge in [0.25, 0.3) is 0 Å². The molecule has 0 fully saturated rings. The molecule has 1 heterocycles. The van der Waals surface area contributed by atoms with Crippen LogP contribution in [0.25, 0.3) is 10.9 Å². The second-order valence-electron chi connectivity index (χ2n) is 4.97. The SMILES string of the molecule is CC(C)C(C[n+]1cccc2ccccc21)=C(C#N)C#N. The van der Waals surface area contributed by atoms with Crippen molar-refractivity contribution in [3.05, 3.63) is 53.7 Å². The first-order valence-corrected chi connectivity index (χ1v) is 6.57. The first-order valence-electron chi connectivity index (χ1n) is 6.57. The summed E-state index contributed by atoms with van der Waals surface area (Å²) in [5, 5.41) is 19.3. The zero-order valence-corrected chi connectivity index (χ0v) is 11.7. The molecule has 98 valence electrons. The number of allylic oxidation sites excluding steroid dienone is 2. The van der Waals surface area contributed by atoms with Crippen LogP contribution in [0.1, 0.15) is 13.8 Å². The standard InChI is InChI=1S/C17H16N3/c1-13(2)16(15(10-18)11-19)12-20-9-5-7-14-6-3-4-8-17(14)20/h3-9,13H,12H2,1-2H3/q+1. The Labute approximate surface area is 119 Å². The van der Waals surface area contributed by atoms with Gasteiger partial charge in [-0.1, -0.05) is 26.0 Å². The monoisotopic (exact) mass is 262 g/mol. The van der Waals surface area contributed by atoms with Gasteiger partial charge < -0.3 is 0 Å². The molecule has 0 radical (unpaired) electrons. The normalized spacial score (nSPS) is 10.1. The number of pyridine rings is 1. The van der Waals surface area contributed by atoms with Crippen molar-refractivity contribution in [3.8, 4) is 12.1 Å². The molecule has 0 saturated carbocycles. The fraction of sp³-hybridized carbons (Fsp3) is 0.235. The van der Waals surface area contributed by atoms with Crippen LogP contribution in [0, 0.1) is 28.6 Å². The van der Waals surface area contributed by atoms with E-state index in [1.807, 2.05) is 56.4 Å². The summed E-state index contributed by atoms with van der Waals surface area (Å²) < 4.78 is 2.08. The predicted molar refractivity (Wildman–Crippen MR) is 77.2 cm³/mol. The summed E-state index contributed by atoms with van der Waals surface area (Å²) in [6.07, 6.45) is 1.98. The average molecular weight is 262 g/mol. The molecule has 20 heavy (non-hydrogen) atoms. The van der Waals surface area contributed by atoms with E-state index in [1.54, 1.807) is 0 Å². The van der Waals surface area contributed by atoms with Gasteiger partial charge in [-0.15, -0.1) is 0 Å². The maximum absolute atomic E-state index is 9.10. The minimum Gasteiger partial charge on any atom is -0.194 e. The van der Waals surface area contributed by atoms with Gasteiger partial charge in [0.1, 0.15) is 17.7 Å². The highest BCUT2D eigenvalue weighted by molar-refractivity contribution is 5.74. The molecule has 0 atom stereocenters. The highest BCUT2D eigenvalue weighted by atomic mass is 14.9. The van der Waals surface area contributed by atoms with Gasteiger partial charge in [0.2, 0.25) is 5.52 Å². The number of hydrogen-bond donors (Lipinski definition) is 0. The van der Waals surface area contributed by atoms with Gasteiger partial charge in [-0.25, -0.2) is 0 Å². The van der Waals surface area contributed by atoms with Crippen molar-refractivity contribution in [1.29, 1.82) is 10.5 Å². The summed E-state index contributed by atoms with van der Waals surface area (Å²) in [7, 11) is 0. The Hall–Kier alpha value is -2.65. The van der Waals surface area contributed by atoms with E-state index >= 15 is 0 Å². The van der Waals surface area contributed by atoms with E-state index in [0.29, 0.717) is 6.54 Å². The molecule has 0 N–H and O–H groups in total. The van der Waals surface area contributed by atoms with E-state index < -0.39 is 0 Å². The van der Waals surface area contributed by atoms with Gasteiger partial charge in [-0.2, -0.15) is 15.1 Å². The molecule has 1 aromatic carbocycles. The highest BCUT2D eigenvalue weighted by Crippen LogP contribution is 2.16. The number of para-hydroxylation sites is 1. The van der Waals surface area contributed by atoms with Gasteiger partial charge in [0, 0.05) is 23.1 Å². The van der Waals surface area contributed by atoms with Crippen LogP contribution in [0.3, 0.4) is 0 Å².